The molecule has 0 radical (unpaired) electrons. The van der Waals surface area contributed by atoms with Crippen molar-refractivity contribution in [3.8, 4) is 44.5 Å². The first-order chi connectivity index (χ1) is 26.9. The molecule has 0 N–H and O–H groups in total. The van der Waals surface area contributed by atoms with Gasteiger partial charge in [0, 0.05) is 16.9 Å². The van der Waals surface area contributed by atoms with Crippen LogP contribution in [-0.2, 0) is 5.41 Å². The van der Waals surface area contributed by atoms with Crippen molar-refractivity contribution in [1.82, 2.24) is 0 Å². The summed E-state index contributed by atoms with van der Waals surface area (Å²) in [5.41, 5.74) is 10.1. The maximum atomic E-state index is 15.4. The lowest BCUT2D eigenvalue weighted by Crippen LogP contribution is -2.26. The molecule has 2 aliphatic rings. The Balaban J connectivity index is 1.27. The normalized spacial score (nSPS) is 14.7. The second kappa shape index (κ2) is 12.4. The zero-order valence-electron chi connectivity index (χ0n) is 29.0. The predicted octanol–water partition coefficient (Wildman–Crippen LogP) is 13.5. The molecule has 0 saturated carbocycles. The molecule has 1 atom stereocenters. The minimum absolute atomic E-state index is 0.107. The Labute approximate surface area is 314 Å². The highest BCUT2D eigenvalue weighted by molar-refractivity contribution is 6.01. The van der Waals surface area contributed by atoms with Gasteiger partial charge in [-0.2, -0.15) is 0 Å². The highest BCUT2D eigenvalue weighted by Gasteiger charge is 2.52. The van der Waals surface area contributed by atoms with Crippen LogP contribution in [0.15, 0.2) is 170 Å². The number of anilines is 3. The summed E-state index contributed by atoms with van der Waals surface area (Å²) >= 11 is 0. The van der Waals surface area contributed by atoms with Crippen molar-refractivity contribution >= 4 is 17.1 Å². The van der Waals surface area contributed by atoms with Crippen LogP contribution in [0.1, 0.15) is 22.3 Å². The van der Waals surface area contributed by atoms with E-state index in [1.54, 1.807) is 12.1 Å². The molecule has 1 nitrogen and oxygen atoms in total. The second-order valence-corrected chi connectivity index (χ2v) is 13.8. The van der Waals surface area contributed by atoms with E-state index in [0.29, 0.717) is 5.56 Å². The van der Waals surface area contributed by atoms with Crippen molar-refractivity contribution in [2.75, 3.05) is 4.90 Å². The van der Waals surface area contributed by atoms with Crippen molar-refractivity contribution in [1.29, 1.82) is 0 Å². The first-order valence-corrected chi connectivity index (χ1v) is 17.9. The highest BCUT2D eigenvalue weighted by atomic mass is 19.2. The van der Waals surface area contributed by atoms with Crippen molar-refractivity contribution in [3.63, 3.8) is 0 Å². The fourth-order valence-corrected chi connectivity index (χ4v) is 8.83. The van der Waals surface area contributed by atoms with E-state index >= 15 is 8.78 Å². The molecule has 264 valence electrons. The van der Waals surface area contributed by atoms with Crippen LogP contribution in [0.4, 0.5) is 39.0 Å². The number of nitrogens with zero attached hydrogens (tertiary/aromatic N) is 1. The molecule has 0 aliphatic heterocycles. The van der Waals surface area contributed by atoms with Crippen molar-refractivity contribution < 1.29 is 22.0 Å². The van der Waals surface area contributed by atoms with Gasteiger partial charge in [-0.3, -0.25) is 0 Å². The van der Waals surface area contributed by atoms with E-state index in [2.05, 4.69) is 83.8 Å². The molecule has 1 unspecified atom stereocenters. The Kier molecular flexibility index (Phi) is 7.39. The lowest BCUT2D eigenvalue weighted by molar-refractivity contribution is 0.381. The van der Waals surface area contributed by atoms with Gasteiger partial charge in [-0.15, -0.1) is 0 Å². The Morgan fingerprint density at radius 2 is 0.855 bits per heavy atom. The number of hydrogen-bond donors (Lipinski definition) is 0. The lowest BCUT2D eigenvalue weighted by Gasteiger charge is -2.32. The molecule has 8 aromatic rings. The molecule has 0 aromatic heterocycles. The number of rotatable bonds is 5. The van der Waals surface area contributed by atoms with Crippen LogP contribution in [0.3, 0.4) is 0 Å². The van der Waals surface area contributed by atoms with Crippen LogP contribution < -0.4 is 4.90 Å². The average Bonchev–Trinajstić information content (AvgIpc) is 3.71. The number of para-hydroxylation sites is 1. The number of hydrogen-bond acceptors (Lipinski definition) is 1. The summed E-state index contributed by atoms with van der Waals surface area (Å²) in [5.74, 6) is -9.89. The standard InChI is InChI=1S/C49H28F5N/c50-44-42(45(51)47(53)48(54)46(44)52)31-25-26-35-34-19-7-9-21-37(34)49(40(35)28-31)38-22-10-8-20-36(38)43-39(49)23-12-24-41(43)55(32-16-5-2-6-17-32)33-18-11-15-30(27-33)29-13-3-1-4-14-29/h1-28H. The zero-order valence-corrected chi connectivity index (χ0v) is 29.0. The summed E-state index contributed by atoms with van der Waals surface area (Å²) in [6.07, 6.45) is 0. The van der Waals surface area contributed by atoms with Gasteiger partial charge >= 0.3 is 0 Å². The van der Waals surface area contributed by atoms with E-state index in [9.17, 15) is 13.2 Å². The van der Waals surface area contributed by atoms with E-state index in [-0.39, 0.29) is 5.56 Å². The topological polar surface area (TPSA) is 3.24 Å². The van der Waals surface area contributed by atoms with E-state index in [1.165, 1.54) is 6.07 Å². The Hall–Kier alpha value is -6.79. The van der Waals surface area contributed by atoms with Gasteiger partial charge in [-0.25, -0.2) is 22.0 Å². The summed E-state index contributed by atoms with van der Waals surface area (Å²) < 4.78 is 74.3. The monoisotopic (exact) mass is 725 g/mol. The molecule has 2 aliphatic carbocycles. The molecular weight excluding hydrogens is 698 g/mol. The van der Waals surface area contributed by atoms with Crippen LogP contribution in [0.25, 0.3) is 44.5 Å². The second-order valence-electron chi connectivity index (χ2n) is 13.8. The van der Waals surface area contributed by atoms with Crippen molar-refractivity contribution in [2.24, 2.45) is 0 Å². The molecule has 55 heavy (non-hydrogen) atoms. The van der Waals surface area contributed by atoms with E-state index in [1.807, 2.05) is 72.8 Å². The lowest BCUT2D eigenvalue weighted by atomic mass is 9.70. The smallest absolute Gasteiger partial charge is 0.200 e. The minimum Gasteiger partial charge on any atom is -0.310 e. The van der Waals surface area contributed by atoms with E-state index in [0.717, 1.165) is 67.1 Å². The summed E-state index contributed by atoms with van der Waals surface area (Å²) in [7, 11) is 0. The number of fused-ring (bicyclic) bond motifs is 10. The third-order valence-corrected chi connectivity index (χ3v) is 11.1. The van der Waals surface area contributed by atoms with E-state index in [4.69, 9.17) is 0 Å². The molecule has 8 aromatic carbocycles. The molecule has 0 saturated heterocycles. The summed E-state index contributed by atoms with van der Waals surface area (Å²) in [6, 6.07) is 55.8. The van der Waals surface area contributed by atoms with Crippen LogP contribution in [0.5, 0.6) is 0 Å². The molecule has 1 spiro atoms. The fraction of sp³-hybridized carbons (Fsp3) is 0.0204. The van der Waals surface area contributed by atoms with Crippen molar-refractivity contribution in [3.05, 3.63) is 221 Å². The molecule has 0 heterocycles. The van der Waals surface area contributed by atoms with Crippen LogP contribution in [0, 0.1) is 29.1 Å². The third-order valence-electron chi connectivity index (χ3n) is 11.1. The van der Waals surface area contributed by atoms with Gasteiger partial charge in [0.05, 0.1) is 16.7 Å². The van der Waals surface area contributed by atoms with Gasteiger partial charge in [0.1, 0.15) is 0 Å². The van der Waals surface area contributed by atoms with Gasteiger partial charge in [-0.1, -0.05) is 133 Å². The van der Waals surface area contributed by atoms with Crippen LogP contribution >= 0.6 is 0 Å². The first kappa shape index (κ1) is 32.8. The first-order valence-electron chi connectivity index (χ1n) is 17.9. The predicted molar refractivity (Wildman–Crippen MR) is 208 cm³/mol. The zero-order chi connectivity index (χ0) is 37.4. The van der Waals surface area contributed by atoms with Gasteiger partial charge in [0.25, 0.3) is 0 Å². The maximum absolute atomic E-state index is 15.4. The molecule has 0 fully saturated rings. The van der Waals surface area contributed by atoms with Gasteiger partial charge in [0.2, 0.25) is 5.82 Å². The average molecular weight is 726 g/mol. The van der Waals surface area contributed by atoms with Gasteiger partial charge in [-0.05, 0) is 92.0 Å². The summed E-state index contributed by atoms with van der Waals surface area (Å²) in [4.78, 5) is 2.24. The molecule has 0 bridgehead atoms. The molecule has 0 amide bonds. The third kappa shape index (κ3) is 4.64. The Bertz CT molecular complexity index is 2800. The van der Waals surface area contributed by atoms with Crippen LogP contribution in [-0.4, -0.2) is 0 Å². The van der Waals surface area contributed by atoms with Gasteiger partial charge < -0.3 is 4.90 Å². The molecule has 6 heteroatoms. The number of benzene rings is 8. The summed E-state index contributed by atoms with van der Waals surface area (Å²) in [5, 5.41) is 0. The maximum Gasteiger partial charge on any atom is 0.200 e. The Morgan fingerprint density at radius 1 is 0.327 bits per heavy atom. The molecule has 10 rings (SSSR count). The van der Waals surface area contributed by atoms with E-state index < -0.39 is 40.1 Å². The SMILES string of the molecule is Fc1c(F)c(F)c(-c2ccc3c(c2)C2(c4ccccc4-3)c3ccccc3-c3c(N(c4ccccc4)c4cccc(-c5ccccc5)c4)cccc32)c(F)c1F. The van der Waals surface area contributed by atoms with Gasteiger partial charge in [0.15, 0.2) is 23.3 Å². The van der Waals surface area contributed by atoms with Crippen LogP contribution in [0.2, 0.25) is 0 Å². The Morgan fingerprint density at radius 3 is 1.58 bits per heavy atom. The molecular formula is C49H28F5N. The highest BCUT2D eigenvalue weighted by Crippen LogP contribution is 2.65. The van der Waals surface area contributed by atoms with Crippen molar-refractivity contribution in [2.45, 2.75) is 5.41 Å². The fourth-order valence-electron chi connectivity index (χ4n) is 8.83. The minimum atomic E-state index is -2.19. The summed E-state index contributed by atoms with van der Waals surface area (Å²) in [6.45, 7) is 0. The number of halogens is 5. The quantitative estimate of drug-likeness (QED) is 0.0970. The largest absolute Gasteiger partial charge is 0.310 e.